The van der Waals surface area contributed by atoms with Gasteiger partial charge in [0.15, 0.2) is 0 Å². The Bertz CT molecular complexity index is 1430. The van der Waals surface area contributed by atoms with Crippen LogP contribution < -0.4 is 10.3 Å². The molecule has 0 amide bonds. The van der Waals surface area contributed by atoms with Gasteiger partial charge in [-0.3, -0.25) is 4.79 Å². The lowest BCUT2D eigenvalue weighted by Crippen LogP contribution is -2.08. The third-order valence-corrected chi connectivity index (χ3v) is 6.29. The Kier molecular flexibility index (Phi) is 4.81. The van der Waals surface area contributed by atoms with Gasteiger partial charge in [-0.05, 0) is 22.8 Å². The number of aromatic amines is 1. The van der Waals surface area contributed by atoms with Crippen molar-refractivity contribution in [2.24, 2.45) is 0 Å². The monoisotopic (exact) mass is 425 g/mol. The van der Waals surface area contributed by atoms with Crippen LogP contribution in [0.2, 0.25) is 0 Å². The highest BCUT2D eigenvalue weighted by atomic mass is 32.1. The molecular formula is C26H19NO3S. The van der Waals surface area contributed by atoms with E-state index < -0.39 is 0 Å². The number of hydrogen-bond acceptors (Lipinski definition) is 4. The van der Waals surface area contributed by atoms with E-state index in [2.05, 4.69) is 4.98 Å². The first-order valence-corrected chi connectivity index (χ1v) is 10.7. The van der Waals surface area contributed by atoms with Crippen LogP contribution >= 0.6 is 11.3 Å². The molecule has 0 spiro atoms. The highest BCUT2D eigenvalue weighted by molar-refractivity contribution is 7.17. The summed E-state index contributed by atoms with van der Waals surface area (Å²) < 4.78 is 5.48. The van der Waals surface area contributed by atoms with E-state index in [1.165, 1.54) is 11.3 Å². The van der Waals surface area contributed by atoms with Gasteiger partial charge in [-0.1, -0.05) is 72.8 Å². The first-order valence-electron chi connectivity index (χ1n) is 9.83. The number of rotatable bonds is 4. The Balaban J connectivity index is 1.64. The molecule has 0 saturated carbocycles. The molecule has 0 atom stereocenters. The summed E-state index contributed by atoms with van der Waals surface area (Å²) in [5.74, 6) is 0.828. The second-order valence-corrected chi connectivity index (χ2v) is 8.05. The summed E-state index contributed by atoms with van der Waals surface area (Å²) in [7, 11) is 1.67. The van der Waals surface area contributed by atoms with Crippen molar-refractivity contribution >= 4 is 21.6 Å². The smallest absolute Gasteiger partial charge is 0.260 e. The number of ether oxygens (including phenoxy) is 1. The Labute approximate surface area is 183 Å². The van der Waals surface area contributed by atoms with E-state index in [9.17, 15) is 9.90 Å². The predicted molar refractivity (Wildman–Crippen MR) is 127 cm³/mol. The lowest BCUT2D eigenvalue weighted by atomic mass is 9.98. The number of pyridine rings is 1. The summed E-state index contributed by atoms with van der Waals surface area (Å²) in [6, 6.07) is 25.3. The van der Waals surface area contributed by atoms with E-state index in [0.29, 0.717) is 21.3 Å². The fraction of sp³-hybridized carbons (Fsp3) is 0.0385. The third-order valence-electron chi connectivity index (χ3n) is 5.40. The van der Waals surface area contributed by atoms with Crippen molar-refractivity contribution in [3.05, 3.63) is 94.6 Å². The van der Waals surface area contributed by atoms with Crippen molar-refractivity contribution < 1.29 is 9.84 Å². The second-order valence-electron chi connectivity index (χ2n) is 7.17. The zero-order valence-electron chi connectivity index (χ0n) is 16.8. The van der Waals surface area contributed by atoms with Gasteiger partial charge in [0.05, 0.1) is 18.1 Å². The van der Waals surface area contributed by atoms with Gasteiger partial charge in [0.1, 0.15) is 16.3 Å². The van der Waals surface area contributed by atoms with Crippen LogP contribution in [0.3, 0.4) is 0 Å². The first-order chi connectivity index (χ1) is 15.2. The van der Waals surface area contributed by atoms with Crippen LogP contribution in [0.5, 0.6) is 11.5 Å². The molecule has 2 N–H and O–H groups in total. The number of nitrogens with one attached hydrogen (secondary N) is 1. The maximum atomic E-state index is 12.6. The van der Waals surface area contributed by atoms with Crippen LogP contribution in [0.1, 0.15) is 0 Å². The van der Waals surface area contributed by atoms with Gasteiger partial charge in [0.25, 0.3) is 5.56 Å². The minimum atomic E-state index is -0.295. The van der Waals surface area contributed by atoms with Crippen molar-refractivity contribution in [3.63, 3.8) is 0 Å². The molecule has 2 aromatic heterocycles. The van der Waals surface area contributed by atoms with Crippen LogP contribution in [-0.4, -0.2) is 17.2 Å². The van der Waals surface area contributed by atoms with Crippen LogP contribution in [-0.2, 0) is 0 Å². The van der Waals surface area contributed by atoms with E-state index in [1.54, 1.807) is 7.11 Å². The maximum Gasteiger partial charge on any atom is 0.260 e. The number of H-pyrrole nitrogens is 1. The number of benzene rings is 3. The standard InChI is InChI=1S/C26H19NO3S/c1-30-21-10-6-5-9-19(21)16-11-13-17(14-12-16)20-15-31-26-23(20)24(28)22(25(29)27-26)18-7-3-2-4-8-18/h2-15H,1H3,(H2,27,28,29). The van der Waals surface area contributed by atoms with Crippen molar-refractivity contribution in [1.82, 2.24) is 4.98 Å². The number of hydrogen-bond donors (Lipinski definition) is 2. The third kappa shape index (κ3) is 3.29. The van der Waals surface area contributed by atoms with Crippen molar-refractivity contribution in [3.8, 4) is 44.9 Å². The van der Waals surface area contributed by atoms with Crippen LogP contribution in [0.25, 0.3) is 43.6 Å². The second kappa shape index (κ2) is 7.78. The van der Waals surface area contributed by atoms with Gasteiger partial charge >= 0.3 is 0 Å². The first kappa shape index (κ1) is 19.2. The lowest BCUT2D eigenvalue weighted by molar-refractivity contribution is 0.416. The molecule has 0 radical (unpaired) electrons. The van der Waals surface area contributed by atoms with Crippen LogP contribution in [0, 0.1) is 0 Å². The number of aromatic hydroxyl groups is 1. The summed E-state index contributed by atoms with van der Waals surface area (Å²) in [4.78, 5) is 16.2. The number of aromatic nitrogens is 1. The molecule has 0 aliphatic heterocycles. The fourth-order valence-corrected chi connectivity index (χ4v) is 4.85. The molecule has 5 heteroatoms. The molecule has 2 heterocycles. The molecule has 5 aromatic rings. The molecule has 31 heavy (non-hydrogen) atoms. The largest absolute Gasteiger partial charge is 0.506 e. The number of thiophene rings is 1. The van der Waals surface area contributed by atoms with E-state index in [1.807, 2.05) is 84.2 Å². The van der Waals surface area contributed by atoms with Gasteiger partial charge in [0.2, 0.25) is 0 Å². The van der Waals surface area contributed by atoms with Crippen LogP contribution in [0.4, 0.5) is 0 Å². The van der Waals surface area contributed by atoms with Crippen molar-refractivity contribution in [2.45, 2.75) is 0 Å². The molecular weight excluding hydrogens is 406 g/mol. The zero-order valence-corrected chi connectivity index (χ0v) is 17.6. The molecule has 0 saturated heterocycles. The van der Waals surface area contributed by atoms with Crippen LogP contribution in [0.15, 0.2) is 89.0 Å². The normalized spacial score (nSPS) is 11.0. The fourth-order valence-electron chi connectivity index (χ4n) is 3.88. The Hall–Kier alpha value is -3.83. The highest BCUT2D eigenvalue weighted by Gasteiger charge is 2.19. The molecule has 5 rings (SSSR count). The lowest BCUT2D eigenvalue weighted by Gasteiger charge is -2.10. The molecule has 0 aliphatic carbocycles. The minimum absolute atomic E-state index is 0.00926. The summed E-state index contributed by atoms with van der Waals surface area (Å²) in [6.07, 6.45) is 0. The van der Waals surface area contributed by atoms with Gasteiger partial charge in [-0.2, -0.15) is 0 Å². The zero-order chi connectivity index (χ0) is 21.4. The van der Waals surface area contributed by atoms with Gasteiger partial charge in [-0.15, -0.1) is 11.3 Å². The maximum absolute atomic E-state index is 12.6. The number of para-hydroxylation sites is 1. The molecule has 152 valence electrons. The molecule has 0 aliphatic rings. The summed E-state index contributed by atoms with van der Waals surface area (Å²) in [5, 5.41) is 13.7. The molecule has 0 unspecified atom stereocenters. The van der Waals surface area contributed by atoms with E-state index in [4.69, 9.17) is 4.74 Å². The Morgan fingerprint density at radius 2 is 1.45 bits per heavy atom. The molecule has 0 bridgehead atoms. The molecule has 0 fully saturated rings. The van der Waals surface area contributed by atoms with E-state index in [-0.39, 0.29) is 11.3 Å². The summed E-state index contributed by atoms with van der Waals surface area (Å²) in [6.45, 7) is 0. The molecule has 3 aromatic carbocycles. The highest BCUT2D eigenvalue weighted by Crippen LogP contribution is 2.42. The average molecular weight is 426 g/mol. The minimum Gasteiger partial charge on any atom is -0.506 e. The number of methoxy groups -OCH3 is 1. The van der Waals surface area contributed by atoms with E-state index in [0.717, 1.165) is 28.0 Å². The summed E-state index contributed by atoms with van der Waals surface area (Å²) in [5.41, 5.74) is 4.60. The predicted octanol–water partition coefficient (Wildman–Crippen LogP) is 6.30. The van der Waals surface area contributed by atoms with E-state index >= 15 is 0 Å². The van der Waals surface area contributed by atoms with Crippen molar-refractivity contribution in [1.29, 1.82) is 0 Å². The topological polar surface area (TPSA) is 62.3 Å². The quantitative estimate of drug-likeness (QED) is 0.355. The SMILES string of the molecule is COc1ccccc1-c1ccc(-c2csc3[nH]c(=O)c(-c4ccccc4)c(O)c23)cc1. The van der Waals surface area contributed by atoms with Gasteiger partial charge in [0, 0.05) is 16.5 Å². The Morgan fingerprint density at radius 1 is 0.806 bits per heavy atom. The number of fused-ring (bicyclic) bond motifs is 1. The van der Waals surface area contributed by atoms with Crippen molar-refractivity contribution in [2.75, 3.05) is 7.11 Å². The average Bonchev–Trinajstić information content (AvgIpc) is 3.24. The Morgan fingerprint density at radius 3 is 2.16 bits per heavy atom. The molecule has 4 nitrogen and oxygen atoms in total. The van der Waals surface area contributed by atoms with Gasteiger partial charge < -0.3 is 14.8 Å². The summed E-state index contributed by atoms with van der Waals surface area (Å²) >= 11 is 1.41. The van der Waals surface area contributed by atoms with Gasteiger partial charge in [-0.25, -0.2) is 0 Å².